The molecule has 3 amide bonds. The molecule has 2 aliphatic heterocycles. The minimum Gasteiger partial charge on any atom is -0.324 e. The summed E-state index contributed by atoms with van der Waals surface area (Å²) in [5.74, 6) is -1.25. The molecule has 2 aliphatic rings. The summed E-state index contributed by atoms with van der Waals surface area (Å²) >= 11 is 6.65. The zero-order chi connectivity index (χ0) is 19.8. The van der Waals surface area contributed by atoms with E-state index in [1.165, 1.54) is 5.01 Å². The molecule has 2 aromatic rings. The summed E-state index contributed by atoms with van der Waals surface area (Å²) in [5, 5.41) is 11.8. The van der Waals surface area contributed by atoms with E-state index in [4.69, 9.17) is 0 Å². The van der Waals surface area contributed by atoms with Gasteiger partial charge in [0, 0.05) is 14.6 Å². The lowest BCUT2D eigenvalue weighted by atomic mass is 10.1. The maximum atomic E-state index is 12.9. The highest BCUT2D eigenvalue weighted by Crippen LogP contribution is 2.32. The van der Waals surface area contributed by atoms with Crippen LogP contribution in [0.25, 0.3) is 0 Å². The maximum Gasteiger partial charge on any atom is 0.263 e. The lowest BCUT2D eigenvalue weighted by Gasteiger charge is -2.20. The Kier molecular flexibility index (Phi) is 4.98. The molecule has 4 rings (SSSR count). The summed E-state index contributed by atoms with van der Waals surface area (Å²) in [6.07, 6.45) is 0. The van der Waals surface area contributed by atoms with Gasteiger partial charge in [-0.3, -0.25) is 19.4 Å². The molecule has 1 fully saturated rings. The second kappa shape index (κ2) is 7.44. The molecule has 2 aromatic carbocycles. The standard InChI is InChI=1S/C18H13Br2N5O3/c19-10-1-5-12(6-2-10)21-14(26)9-24-16-15(22-23-24)17(27)25(18(16)28)13-7-3-11(20)4-8-13/h1-8,15-16H,9H2,(H,21,26)/t15-,16-/m0/s1. The van der Waals surface area contributed by atoms with Crippen LogP contribution in [0.4, 0.5) is 11.4 Å². The molecule has 0 aromatic heterocycles. The normalized spacial score (nSPS) is 20.6. The molecule has 142 valence electrons. The average Bonchev–Trinajstić information content (AvgIpc) is 3.18. The number of rotatable bonds is 4. The molecule has 10 heteroatoms. The summed E-state index contributed by atoms with van der Waals surface area (Å²) in [4.78, 5) is 38.9. The average molecular weight is 507 g/mol. The Morgan fingerprint density at radius 2 is 1.57 bits per heavy atom. The Morgan fingerprint density at radius 3 is 2.21 bits per heavy atom. The van der Waals surface area contributed by atoms with E-state index < -0.39 is 23.9 Å². The molecule has 1 N–H and O–H groups in total. The van der Waals surface area contributed by atoms with Crippen molar-refractivity contribution in [3.63, 3.8) is 0 Å². The Hall–Kier alpha value is -2.59. The lowest BCUT2D eigenvalue weighted by Crippen LogP contribution is -2.43. The molecule has 2 heterocycles. The molecule has 0 unspecified atom stereocenters. The van der Waals surface area contributed by atoms with Gasteiger partial charge in [0.25, 0.3) is 11.8 Å². The van der Waals surface area contributed by atoms with Crippen LogP contribution in [-0.2, 0) is 14.4 Å². The van der Waals surface area contributed by atoms with Crippen molar-refractivity contribution in [3.8, 4) is 0 Å². The van der Waals surface area contributed by atoms with Crippen LogP contribution in [0.15, 0.2) is 67.8 Å². The third-order valence-corrected chi connectivity index (χ3v) is 5.43. The largest absolute Gasteiger partial charge is 0.324 e. The summed E-state index contributed by atoms with van der Waals surface area (Å²) in [6, 6.07) is 12.1. The van der Waals surface area contributed by atoms with E-state index in [1.807, 2.05) is 0 Å². The van der Waals surface area contributed by atoms with Crippen molar-refractivity contribution in [2.45, 2.75) is 12.1 Å². The number of nitrogens with zero attached hydrogens (tertiary/aromatic N) is 4. The van der Waals surface area contributed by atoms with Gasteiger partial charge in [0.1, 0.15) is 6.54 Å². The number of carbonyl (C=O) groups excluding carboxylic acids is 3. The third-order valence-electron chi connectivity index (χ3n) is 4.38. The van der Waals surface area contributed by atoms with Crippen molar-refractivity contribution >= 4 is 61.0 Å². The van der Waals surface area contributed by atoms with Gasteiger partial charge in [-0.2, -0.15) is 5.11 Å². The van der Waals surface area contributed by atoms with Crippen LogP contribution in [0.3, 0.4) is 0 Å². The van der Waals surface area contributed by atoms with E-state index in [0.29, 0.717) is 11.4 Å². The highest BCUT2D eigenvalue weighted by Gasteiger charge is 2.55. The first-order chi connectivity index (χ1) is 13.4. The second-order valence-electron chi connectivity index (χ2n) is 6.24. The number of amides is 3. The summed E-state index contributed by atoms with van der Waals surface area (Å²) < 4.78 is 1.73. The lowest BCUT2D eigenvalue weighted by molar-refractivity contribution is -0.123. The molecule has 2 atom stereocenters. The SMILES string of the molecule is O=C(CN1N=N[C@@H]2C(=O)N(c3ccc(Br)cc3)C(=O)[C@H]21)Nc1ccc(Br)cc1. The highest BCUT2D eigenvalue weighted by molar-refractivity contribution is 9.10. The molecular weight excluding hydrogens is 494 g/mol. The third kappa shape index (κ3) is 3.45. The zero-order valence-electron chi connectivity index (χ0n) is 14.3. The van der Waals surface area contributed by atoms with E-state index in [2.05, 4.69) is 47.5 Å². The first kappa shape index (κ1) is 18.8. The number of halogens is 2. The molecular formula is C18H13Br2N5O3. The van der Waals surface area contributed by atoms with E-state index in [1.54, 1.807) is 48.5 Å². The fourth-order valence-electron chi connectivity index (χ4n) is 3.08. The van der Waals surface area contributed by atoms with Crippen LogP contribution >= 0.6 is 31.9 Å². The van der Waals surface area contributed by atoms with Crippen LogP contribution in [0.2, 0.25) is 0 Å². The Morgan fingerprint density at radius 1 is 0.964 bits per heavy atom. The minimum atomic E-state index is -0.934. The number of anilines is 2. The predicted molar refractivity (Wildman–Crippen MR) is 109 cm³/mol. The van der Waals surface area contributed by atoms with Crippen molar-refractivity contribution in [2.24, 2.45) is 10.3 Å². The summed E-state index contributed by atoms with van der Waals surface area (Å²) in [7, 11) is 0. The first-order valence-corrected chi connectivity index (χ1v) is 9.89. The number of fused-ring (bicyclic) bond motifs is 1. The van der Waals surface area contributed by atoms with Gasteiger partial charge in [-0.15, -0.1) is 0 Å². The second-order valence-corrected chi connectivity index (χ2v) is 8.07. The number of hydrogen-bond donors (Lipinski definition) is 1. The van der Waals surface area contributed by atoms with Crippen molar-refractivity contribution in [2.75, 3.05) is 16.8 Å². The van der Waals surface area contributed by atoms with Crippen molar-refractivity contribution in [1.82, 2.24) is 5.01 Å². The Balaban J connectivity index is 1.48. The molecule has 28 heavy (non-hydrogen) atoms. The first-order valence-electron chi connectivity index (χ1n) is 8.30. The quantitative estimate of drug-likeness (QED) is 0.644. The van der Waals surface area contributed by atoms with Gasteiger partial charge in [-0.25, -0.2) is 4.90 Å². The number of imide groups is 1. The molecule has 0 radical (unpaired) electrons. The summed E-state index contributed by atoms with van der Waals surface area (Å²) in [5.41, 5.74) is 1.08. The van der Waals surface area contributed by atoms with Gasteiger partial charge in [0.2, 0.25) is 5.91 Å². The Bertz CT molecular complexity index is 978. The molecule has 1 saturated heterocycles. The van der Waals surface area contributed by atoms with Gasteiger partial charge < -0.3 is 5.32 Å². The molecule has 8 nitrogen and oxygen atoms in total. The van der Waals surface area contributed by atoms with Gasteiger partial charge >= 0.3 is 0 Å². The van der Waals surface area contributed by atoms with Crippen LogP contribution in [-0.4, -0.2) is 41.4 Å². The van der Waals surface area contributed by atoms with Crippen LogP contribution in [0.5, 0.6) is 0 Å². The van der Waals surface area contributed by atoms with E-state index in [-0.39, 0.29) is 12.5 Å². The van der Waals surface area contributed by atoms with Gasteiger partial charge in [-0.1, -0.05) is 37.1 Å². The topological polar surface area (TPSA) is 94.4 Å². The van der Waals surface area contributed by atoms with E-state index in [9.17, 15) is 14.4 Å². The van der Waals surface area contributed by atoms with E-state index >= 15 is 0 Å². The molecule has 0 spiro atoms. The maximum absolute atomic E-state index is 12.9. The van der Waals surface area contributed by atoms with Crippen LogP contribution < -0.4 is 10.2 Å². The van der Waals surface area contributed by atoms with Crippen LogP contribution in [0.1, 0.15) is 0 Å². The van der Waals surface area contributed by atoms with Gasteiger partial charge in [0.15, 0.2) is 12.1 Å². The molecule has 0 aliphatic carbocycles. The monoisotopic (exact) mass is 505 g/mol. The zero-order valence-corrected chi connectivity index (χ0v) is 17.4. The predicted octanol–water partition coefficient (Wildman–Crippen LogP) is 3.14. The van der Waals surface area contributed by atoms with E-state index in [0.717, 1.165) is 13.8 Å². The highest BCUT2D eigenvalue weighted by atomic mass is 79.9. The van der Waals surface area contributed by atoms with Gasteiger partial charge in [-0.05, 0) is 48.5 Å². The van der Waals surface area contributed by atoms with Crippen LogP contribution in [0, 0.1) is 0 Å². The van der Waals surface area contributed by atoms with Crippen molar-refractivity contribution in [3.05, 3.63) is 57.5 Å². The molecule has 0 saturated carbocycles. The number of nitrogens with one attached hydrogen (secondary N) is 1. The van der Waals surface area contributed by atoms with Gasteiger partial charge in [0.05, 0.1) is 5.69 Å². The number of hydrogen-bond acceptors (Lipinski definition) is 6. The van der Waals surface area contributed by atoms with Crippen molar-refractivity contribution in [1.29, 1.82) is 0 Å². The smallest absolute Gasteiger partial charge is 0.263 e. The van der Waals surface area contributed by atoms with Crippen molar-refractivity contribution < 1.29 is 14.4 Å². The number of benzene rings is 2. The summed E-state index contributed by atoms with van der Waals surface area (Å²) in [6.45, 7) is -0.187. The molecule has 0 bridgehead atoms. The fraction of sp³-hybridized carbons (Fsp3) is 0.167. The fourth-order valence-corrected chi connectivity index (χ4v) is 3.61. The number of carbonyl (C=O) groups is 3. The Labute approximate surface area is 176 Å². The minimum absolute atomic E-state index is 0.187.